The smallest absolute Gasteiger partial charge is 0.344 e. The van der Waals surface area contributed by atoms with Gasteiger partial charge in [0.1, 0.15) is 11.3 Å². The maximum Gasteiger partial charge on any atom is 0.344 e. The molecule has 1 aromatic carbocycles. The molecule has 0 unspecified atom stereocenters. The predicted molar refractivity (Wildman–Crippen MR) is 84.3 cm³/mol. The molecule has 0 radical (unpaired) electrons. The van der Waals surface area contributed by atoms with Crippen LogP contribution in [0.3, 0.4) is 0 Å². The Bertz CT molecular complexity index is 707. The van der Waals surface area contributed by atoms with E-state index in [1.54, 1.807) is 26.8 Å². The van der Waals surface area contributed by atoms with Gasteiger partial charge in [-0.15, -0.1) is 0 Å². The van der Waals surface area contributed by atoms with E-state index in [0.717, 1.165) is 5.56 Å². The highest BCUT2D eigenvalue weighted by atomic mass is 35.5. The second kappa shape index (κ2) is 7.28. The summed E-state index contributed by atoms with van der Waals surface area (Å²) in [5.41, 5.74) is 1.47. The highest BCUT2D eigenvalue weighted by Gasteiger charge is 2.20. The van der Waals surface area contributed by atoms with Crippen LogP contribution in [0.15, 0.2) is 28.8 Å². The Morgan fingerprint density at radius 1 is 1.35 bits per heavy atom. The van der Waals surface area contributed by atoms with Gasteiger partial charge < -0.3 is 14.6 Å². The van der Waals surface area contributed by atoms with Crippen molar-refractivity contribution in [3.63, 3.8) is 0 Å². The van der Waals surface area contributed by atoms with Crippen molar-refractivity contribution in [2.45, 2.75) is 26.8 Å². The topological polar surface area (TPSA) is 81.4 Å². The Labute approximate surface area is 138 Å². The molecule has 1 N–H and O–H groups in total. The van der Waals surface area contributed by atoms with E-state index in [9.17, 15) is 9.59 Å². The average molecular weight is 337 g/mol. The summed E-state index contributed by atoms with van der Waals surface area (Å²) in [5.74, 6) is -0.698. The van der Waals surface area contributed by atoms with Gasteiger partial charge in [0.2, 0.25) is 0 Å². The van der Waals surface area contributed by atoms with Crippen LogP contribution >= 0.6 is 11.6 Å². The van der Waals surface area contributed by atoms with Gasteiger partial charge in [-0.2, -0.15) is 0 Å². The van der Waals surface area contributed by atoms with E-state index < -0.39 is 18.5 Å². The van der Waals surface area contributed by atoms with E-state index in [2.05, 4.69) is 10.5 Å². The lowest BCUT2D eigenvalue weighted by molar-refractivity contribution is -0.124. The summed E-state index contributed by atoms with van der Waals surface area (Å²) in [6.45, 7) is 4.65. The van der Waals surface area contributed by atoms with Crippen LogP contribution in [0.25, 0.3) is 0 Å². The van der Waals surface area contributed by atoms with Crippen LogP contribution in [-0.2, 0) is 9.53 Å². The molecule has 7 heteroatoms. The number of aryl methyl sites for hydroxylation is 2. The summed E-state index contributed by atoms with van der Waals surface area (Å²) in [7, 11) is 0. The number of esters is 1. The summed E-state index contributed by atoms with van der Waals surface area (Å²) in [5, 5.41) is 6.96. The first-order chi connectivity index (χ1) is 10.9. The van der Waals surface area contributed by atoms with Gasteiger partial charge in [0, 0.05) is 5.02 Å². The lowest BCUT2D eigenvalue weighted by Crippen LogP contribution is -2.31. The van der Waals surface area contributed by atoms with Gasteiger partial charge in [0.15, 0.2) is 6.61 Å². The summed E-state index contributed by atoms with van der Waals surface area (Å²) >= 11 is 6.08. The van der Waals surface area contributed by atoms with Crippen molar-refractivity contribution in [3.05, 3.63) is 51.9 Å². The maximum absolute atomic E-state index is 11.9. The number of ether oxygens (including phenoxy) is 1. The fraction of sp³-hybridized carbons (Fsp3) is 0.312. The highest BCUT2D eigenvalue weighted by Crippen LogP contribution is 2.22. The second-order valence-electron chi connectivity index (χ2n) is 5.09. The maximum atomic E-state index is 11.9. The van der Waals surface area contributed by atoms with E-state index in [1.807, 2.05) is 18.2 Å². The fourth-order valence-corrected chi connectivity index (χ4v) is 2.46. The Balaban J connectivity index is 1.91. The zero-order valence-corrected chi connectivity index (χ0v) is 13.8. The van der Waals surface area contributed by atoms with Gasteiger partial charge in [-0.1, -0.05) is 35.0 Å². The van der Waals surface area contributed by atoms with Crippen molar-refractivity contribution >= 4 is 23.5 Å². The Hall–Kier alpha value is -2.34. The molecule has 0 fully saturated rings. The fourth-order valence-electron chi connectivity index (χ4n) is 2.16. The molecule has 0 spiro atoms. The quantitative estimate of drug-likeness (QED) is 0.849. The van der Waals surface area contributed by atoms with Gasteiger partial charge in [-0.25, -0.2) is 4.79 Å². The number of hydrogen-bond acceptors (Lipinski definition) is 5. The van der Waals surface area contributed by atoms with Crippen molar-refractivity contribution in [2.75, 3.05) is 6.61 Å². The van der Waals surface area contributed by atoms with E-state index in [-0.39, 0.29) is 11.6 Å². The normalized spacial score (nSPS) is 11.8. The number of carbonyl (C=O) groups is 2. The molecule has 23 heavy (non-hydrogen) atoms. The summed E-state index contributed by atoms with van der Waals surface area (Å²) < 4.78 is 9.89. The number of nitrogens with one attached hydrogen (secondary N) is 1. The van der Waals surface area contributed by atoms with Crippen molar-refractivity contribution in [2.24, 2.45) is 0 Å². The summed E-state index contributed by atoms with van der Waals surface area (Å²) in [4.78, 5) is 23.8. The predicted octanol–water partition coefficient (Wildman–Crippen LogP) is 2.98. The van der Waals surface area contributed by atoms with Crippen LogP contribution in [0.1, 0.15) is 40.3 Å². The Kier molecular flexibility index (Phi) is 5.39. The minimum absolute atomic E-state index is 0.247. The Morgan fingerprint density at radius 2 is 2.04 bits per heavy atom. The molecule has 6 nitrogen and oxygen atoms in total. The first kappa shape index (κ1) is 17.0. The lowest BCUT2D eigenvalue weighted by Gasteiger charge is -2.15. The summed E-state index contributed by atoms with van der Waals surface area (Å²) in [6.07, 6.45) is 0. The molecule has 0 saturated carbocycles. The molecule has 0 saturated heterocycles. The average Bonchev–Trinajstić information content (AvgIpc) is 2.84. The van der Waals surface area contributed by atoms with Crippen LogP contribution < -0.4 is 5.32 Å². The minimum atomic E-state index is -0.637. The van der Waals surface area contributed by atoms with Gasteiger partial charge in [-0.05, 0) is 32.4 Å². The number of amides is 1. The van der Waals surface area contributed by atoms with Crippen molar-refractivity contribution in [1.82, 2.24) is 10.5 Å². The van der Waals surface area contributed by atoms with Gasteiger partial charge in [0.25, 0.3) is 5.91 Å². The highest BCUT2D eigenvalue weighted by molar-refractivity contribution is 6.31. The number of hydrogen-bond donors (Lipinski definition) is 1. The largest absolute Gasteiger partial charge is 0.452 e. The standard InChI is InChI=1S/C16H17ClN2O4/c1-9(12-6-4-5-7-13(12)17)18-14(20)8-22-16(21)15-10(2)19-23-11(15)3/h4-7,9H,8H2,1-3H3,(H,18,20)/t9-/m0/s1. The van der Waals surface area contributed by atoms with Gasteiger partial charge in [-0.3, -0.25) is 4.79 Å². The zero-order valence-electron chi connectivity index (χ0n) is 13.1. The Morgan fingerprint density at radius 3 is 2.65 bits per heavy atom. The number of aromatic nitrogens is 1. The molecule has 1 heterocycles. The van der Waals surface area contributed by atoms with Crippen LogP contribution in [0.2, 0.25) is 5.02 Å². The first-order valence-corrected chi connectivity index (χ1v) is 7.41. The van der Waals surface area contributed by atoms with E-state index in [1.165, 1.54) is 0 Å². The van der Waals surface area contributed by atoms with E-state index in [0.29, 0.717) is 16.5 Å². The zero-order chi connectivity index (χ0) is 17.0. The van der Waals surface area contributed by atoms with Crippen molar-refractivity contribution in [3.8, 4) is 0 Å². The van der Waals surface area contributed by atoms with Crippen LogP contribution in [-0.4, -0.2) is 23.6 Å². The van der Waals surface area contributed by atoms with E-state index >= 15 is 0 Å². The van der Waals surface area contributed by atoms with Gasteiger partial charge in [0.05, 0.1) is 11.7 Å². The molecule has 2 aromatic rings. The van der Waals surface area contributed by atoms with Crippen molar-refractivity contribution < 1.29 is 18.8 Å². The number of carbonyl (C=O) groups excluding carboxylic acids is 2. The number of rotatable bonds is 5. The molecule has 0 aliphatic heterocycles. The first-order valence-electron chi connectivity index (χ1n) is 7.04. The second-order valence-corrected chi connectivity index (χ2v) is 5.49. The number of nitrogens with zero attached hydrogens (tertiary/aromatic N) is 1. The lowest BCUT2D eigenvalue weighted by atomic mass is 10.1. The molecule has 0 aliphatic carbocycles. The molecule has 1 amide bonds. The molecule has 0 aliphatic rings. The molecule has 1 atom stereocenters. The van der Waals surface area contributed by atoms with E-state index in [4.69, 9.17) is 20.9 Å². The van der Waals surface area contributed by atoms with Crippen molar-refractivity contribution in [1.29, 1.82) is 0 Å². The third-order valence-corrected chi connectivity index (χ3v) is 3.67. The summed E-state index contributed by atoms with van der Waals surface area (Å²) in [6, 6.07) is 6.92. The molecule has 1 aromatic heterocycles. The number of benzene rings is 1. The van der Waals surface area contributed by atoms with Crippen LogP contribution in [0.5, 0.6) is 0 Å². The monoisotopic (exact) mass is 336 g/mol. The molecule has 122 valence electrons. The molecule has 0 bridgehead atoms. The minimum Gasteiger partial charge on any atom is -0.452 e. The van der Waals surface area contributed by atoms with Crippen LogP contribution in [0.4, 0.5) is 0 Å². The van der Waals surface area contributed by atoms with Crippen LogP contribution in [0, 0.1) is 13.8 Å². The molecular formula is C16H17ClN2O4. The molecule has 2 rings (SSSR count). The SMILES string of the molecule is Cc1noc(C)c1C(=O)OCC(=O)N[C@@H](C)c1ccccc1Cl. The molecular weight excluding hydrogens is 320 g/mol. The third kappa shape index (κ3) is 4.10. The van der Waals surface area contributed by atoms with Gasteiger partial charge >= 0.3 is 5.97 Å². The number of halogens is 1. The third-order valence-electron chi connectivity index (χ3n) is 3.32.